The average molecular weight is 589 g/mol. The lowest BCUT2D eigenvalue weighted by molar-refractivity contribution is -0.143. The number of aryl methyl sites for hydroxylation is 2. The normalized spacial score (nSPS) is 16.6. The lowest BCUT2D eigenvalue weighted by Gasteiger charge is -2.30. The number of methoxy groups -OCH3 is 1. The van der Waals surface area contributed by atoms with Gasteiger partial charge in [0.15, 0.2) is 0 Å². The third kappa shape index (κ3) is 6.47. The summed E-state index contributed by atoms with van der Waals surface area (Å²) < 4.78 is 43.9. The van der Waals surface area contributed by atoms with E-state index in [1.807, 2.05) is 35.9 Å². The highest BCUT2D eigenvalue weighted by Crippen LogP contribution is 2.39. The first-order chi connectivity index (χ1) is 19.6. The smallest absolute Gasteiger partial charge is 0.388 e. The van der Waals surface area contributed by atoms with Crippen LogP contribution in [-0.4, -0.2) is 70.8 Å². The zero-order valence-electron chi connectivity index (χ0n) is 23.6. The Morgan fingerprint density at radius 3 is 2.66 bits per heavy atom. The number of unbranched alkanes of at least 4 members (excludes halogenated alkanes) is 1. The van der Waals surface area contributed by atoms with Crippen LogP contribution in [-0.2, 0) is 30.6 Å². The molecule has 3 aromatic rings. The van der Waals surface area contributed by atoms with Gasteiger partial charge in [0.2, 0.25) is 0 Å². The number of fused-ring (bicyclic) bond motifs is 1. The van der Waals surface area contributed by atoms with Crippen molar-refractivity contribution in [2.75, 3.05) is 26.9 Å². The molecule has 0 radical (unpaired) electrons. The van der Waals surface area contributed by atoms with Crippen molar-refractivity contribution < 1.29 is 37.1 Å². The van der Waals surface area contributed by atoms with Crippen LogP contribution >= 0.6 is 0 Å². The summed E-state index contributed by atoms with van der Waals surface area (Å²) in [6, 6.07) is 8.59. The van der Waals surface area contributed by atoms with Crippen LogP contribution in [0.1, 0.15) is 67.3 Å². The van der Waals surface area contributed by atoms with Crippen molar-refractivity contribution in [1.82, 2.24) is 19.3 Å². The molecule has 4 rings (SSSR count). The second kappa shape index (κ2) is 12.9. The van der Waals surface area contributed by atoms with Crippen LogP contribution in [0.15, 0.2) is 42.4 Å². The molecule has 0 amide bonds. The summed E-state index contributed by atoms with van der Waals surface area (Å²) in [4.78, 5) is 12.8. The molecule has 0 aliphatic carbocycles. The van der Waals surface area contributed by atoms with Gasteiger partial charge in [-0.1, -0.05) is 17.3 Å². The number of aromatic nitrogens is 3. The van der Waals surface area contributed by atoms with Crippen LogP contribution in [0.3, 0.4) is 0 Å². The predicted octanol–water partition coefficient (Wildman–Crippen LogP) is 3.64. The number of esters is 1. The summed E-state index contributed by atoms with van der Waals surface area (Å²) >= 11 is 0. The molecule has 41 heavy (non-hydrogen) atoms. The first kappa shape index (κ1) is 30.3. The zero-order chi connectivity index (χ0) is 29.7. The molecule has 0 spiro atoms. The summed E-state index contributed by atoms with van der Waals surface area (Å²) in [5.74, 6) is -1.02. The second-order valence-electron chi connectivity index (χ2n) is 9.78. The molecular weight excluding hydrogens is 552 g/mol. The minimum atomic E-state index is -4.24. The van der Waals surface area contributed by atoms with E-state index in [4.69, 9.17) is 18.8 Å². The van der Waals surface area contributed by atoms with Gasteiger partial charge in [0.1, 0.15) is 11.3 Å². The van der Waals surface area contributed by atoms with Gasteiger partial charge in [-0.3, -0.25) is 4.79 Å². The molecule has 1 unspecified atom stereocenters. The number of hydrogen-bond acceptors (Lipinski definition) is 10. The van der Waals surface area contributed by atoms with E-state index in [9.17, 15) is 18.3 Å². The molecule has 222 valence electrons. The van der Waals surface area contributed by atoms with Crippen LogP contribution in [0, 0.1) is 6.92 Å². The van der Waals surface area contributed by atoms with E-state index < -0.39 is 28.2 Å². The fourth-order valence-electron chi connectivity index (χ4n) is 5.14. The van der Waals surface area contributed by atoms with Crippen molar-refractivity contribution >= 4 is 27.3 Å². The van der Waals surface area contributed by atoms with Gasteiger partial charge in [-0.15, -0.1) is 5.10 Å². The van der Waals surface area contributed by atoms with Crippen LogP contribution < -0.4 is 4.74 Å². The largest absolute Gasteiger partial charge is 0.496 e. The molecule has 2 N–H and O–H groups in total. The number of aliphatic hydroxyl groups excluding tert-OH is 2. The van der Waals surface area contributed by atoms with Gasteiger partial charge >= 0.3 is 16.3 Å². The lowest BCUT2D eigenvalue weighted by Crippen LogP contribution is -2.38. The predicted molar refractivity (Wildman–Crippen MR) is 151 cm³/mol. The molecule has 0 saturated carbocycles. The Labute approximate surface area is 239 Å². The van der Waals surface area contributed by atoms with E-state index in [0.29, 0.717) is 29.8 Å². The van der Waals surface area contributed by atoms with Gasteiger partial charge in [-0.2, -0.15) is 12.7 Å². The third-order valence-electron chi connectivity index (χ3n) is 7.27. The van der Waals surface area contributed by atoms with E-state index >= 15 is 0 Å². The topological polar surface area (TPSA) is 153 Å². The number of aliphatic hydroxyl groups is 2. The molecule has 1 aliphatic heterocycles. The first-order valence-electron chi connectivity index (χ1n) is 13.5. The lowest BCUT2D eigenvalue weighted by atomic mass is 9.84. The van der Waals surface area contributed by atoms with Gasteiger partial charge in [-0.05, 0) is 68.5 Å². The standard InChI is InChI=1S/C28H36N4O8S/c1-5-39-27(35)17-23(21-9-10-24-28(18(21)2)29-30-31(24)13-6-7-15-33)20-8-11-25(38-4)22(16-20)19(3)32-14-12-26(34)40-41(32,36)37/h8-12,16,19,23,33-34H,5-7,13-15,17H2,1-4H3/t19-,23?/m1/s1. The van der Waals surface area contributed by atoms with Crippen LogP contribution in [0.5, 0.6) is 5.75 Å². The molecule has 12 nitrogen and oxygen atoms in total. The summed E-state index contributed by atoms with van der Waals surface area (Å²) in [5.41, 5.74) is 4.61. The molecular formula is C28H36N4O8S. The fourth-order valence-corrected chi connectivity index (χ4v) is 6.28. The highest BCUT2D eigenvalue weighted by molar-refractivity contribution is 7.84. The molecule has 0 fully saturated rings. The van der Waals surface area contributed by atoms with Crippen molar-refractivity contribution in [2.45, 2.75) is 58.5 Å². The van der Waals surface area contributed by atoms with Gasteiger partial charge in [0.25, 0.3) is 5.95 Å². The SMILES string of the molecule is CCOC(=O)CC(c1ccc(OC)c([C@@H](C)N2CC=C(O)OS2(=O)=O)c1)c1ccc2c(nnn2CCCCO)c1C. The molecule has 0 bridgehead atoms. The first-order valence-corrected chi connectivity index (χ1v) is 14.8. The van der Waals surface area contributed by atoms with E-state index in [-0.39, 0.29) is 32.1 Å². The highest BCUT2D eigenvalue weighted by Gasteiger charge is 2.35. The van der Waals surface area contributed by atoms with Crippen LogP contribution in [0.4, 0.5) is 0 Å². The number of hydrogen-bond donors (Lipinski definition) is 2. The third-order valence-corrected chi connectivity index (χ3v) is 8.69. The van der Waals surface area contributed by atoms with E-state index in [1.165, 1.54) is 13.2 Å². The summed E-state index contributed by atoms with van der Waals surface area (Å²) in [5, 5.41) is 27.4. The Balaban J connectivity index is 1.78. The maximum absolute atomic E-state index is 12.8. The Bertz CT molecular complexity index is 1540. The van der Waals surface area contributed by atoms with E-state index in [2.05, 4.69) is 10.3 Å². The average Bonchev–Trinajstić information content (AvgIpc) is 3.35. The minimum absolute atomic E-state index is 0.0483. The van der Waals surface area contributed by atoms with Crippen molar-refractivity contribution in [1.29, 1.82) is 0 Å². The molecule has 13 heteroatoms. The van der Waals surface area contributed by atoms with Crippen molar-refractivity contribution in [3.63, 3.8) is 0 Å². The number of ether oxygens (including phenoxy) is 2. The molecule has 2 aromatic carbocycles. The second-order valence-corrected chi connectivity index (χ2v) is 11.3. The Morgan fingerprint density at radius 2 is 1.98 bits per heavy atom. The summed E-state index contributed by atoms with van der Waals surface area (Å²) in [6.07, 6.45) is 2.75. The van der Waals surface area contributed by atoms with Crippen molar-refractivity contribution in [2.24, 2.45) is 0 Å². The number of benzene rings is 2. The molecule has 2 heterocycles. The maximum atomic E-state index is 12.8. The highest BCUT2D eigenvalue weighted by atomic mass is 32.2. The van der Waals surface area contributed by atoms with E-state index in [0.717, 1.165) is 32.9 Å². The van der Waals surface area contributed by atoms with Crippen molar-refractivity contribution in [3.05, 3.63) is 64.6 Å². The zero-order valence-corrected chi connectivity index (χ0v) is 24.4. The number of nitrogens with zero attached hydrogens (tertiary/aromatic N) is 4. The molecule has 2 atom stereocenters. The minimum Gasteiger partial charge on any atom is -0.496 e. The maximum Gasteiger partial charge on any atom is 0.388 e. The fraction of sp³-hybridized carbons (Fsp3) is 0.464. The summed E-state index contributed by atoms with van der Waals surface area (Å²) in [6.45, 7) is 6.28. The van der Waals surface area contributed by atoms with Crippen LogP contribution in [0.2, 0.25) is 0 Å². The van der Waals surface area contributed by atoms with Gasteiger partial charge < -0.3 is 23.9 Å². The van der Waals surface area contributed by atoms with E-state index in [1.54, 1.807) is 19.9 Å². The molecule has 1 aromatic heterocycles. The van der Waals surface area contributed by atoms with Gasteiger partial charge in [0, 0.05) is 37.3 Å². The Kier molecular flexibility index (Phi) is 9.51. The Morgan fingerprint density at radius 1 is 1.20 bits per heavy atom. The molecule has 0 saturated heterocycles. The summed E-state index contributed by atoms with van der Waals surface area (Å²) in [7, 11) is -2.74. The van der Waals surface area contributed by atoms with Crippen LogP contribution in [0.25, 0.3) is 11.0 Å². The number of carbonyl (C=O) groups excluding carboxylic acids is 1. The quantitative estimate of drug-likeness (QED) is 0.237. The molecule has 1 aliphatic rings. The Hall–Kier alpha value is -3.68. The van der Waals surface area contributed by atoms with Gasteiger partial charge in [-0.25, -0.2) is 4.68 Å². The number of rotatable bonds is 12. The number of carbonyl (C=O) groups is 1. The monoisotopic (exact) mass is 588 g/mol. The van der Waals surface area contributed by atoms with Gasteiger partial charge in [0.05, 0.1) is 31.7 Å². The van der Waals surface area contributed by atoms with Crippen molar-refractivity contribution in [3.8, 4) is 5.75 Å².